The lowest BCUT2D eigenvalue weighted by Gasteiger charge is -2.10. The minimum absolute atomic E-state index is 0.0291. The van der Waals surface area contributed by atoms with E-state index < -0.39 is 0 Å². The summed E-state index contributed by atoms with van der Waals surface area (Å²) in [4.78, 5) is 33.7. The van der Waals surface area contributed by atoms with E-state index in [0.29, 0.717) is 30.0 Å². The van der Waals surface area contributed by atoms with Crippen LogP contribution in [0, 0.1) is 0 Å². The predicted molar refractivity (Wildman–Crippen MR) is 123 cm³/mol. The van der Waals surface area contributed by atoms with Crippen molar-refractivity contribution in [1.82, 2.24) is 20.2 Å². The van der Waals surface area contributed by atoms with Crippen molar-refractivity contribution in [1.29, 1.82) is 0 Å². The molecule has 3 heterocycles. The molecule has 4 aromatic rings. The summed E-state index contributed by atoms with van der Waals surface area (Å²) >= 11 is 0. The molecule has 0 spiro atoms. The van der Waals surface area contributed by atoms with Gasteiger partial charge in [-0.15, -0.1) is 0 Å². The van der Waals surface area contributed by atoms with Gasteiger partial charge >= 0.3 is 0 Å². The van der Waals surface area contributed by atoms with Gasteiger partial charge in [-0.3, -0.25) is 9.59 Å². The zero-order valence-corrected chi connectivity index (χ0v) is 17.8. The Morgan fingerprint density at radius 3 is 2.56 bits per heavy atom. The van der Waals surface area contributed by atoms with Gasteiger partial charge in [-0.2, -0.15) is 0 Å². The number of H-pyrrole nitrogens is 1. The van der Waals surface area contributed by atoms with Crippen LogP contribution in [0.15, 0.2) is 60.9 Å². The van der Waals surface area contributed by atoms with Crippen molar-refractivity contribution < 1.29 is 14.3 Å². The third-order valence-corrected chi connectivity index (χ3v) is 5.58. The molecule has 160 valence electrons. The van der Waals surface area contributed by atoms with Crippen LogP contribution >= 0.6 is 0 Å². The van der Waals surface area contributed by atoms with Gasteiger partial charge in [0, 0.05) is 48.6 Å². The van der Waals surface area contributed by atoms with Gasteiger partial charge in [-0.25, -0.2) is 4.98 Å². The van der Waals surface area contributed by atoms with Gasteiger partial charge in [0.15, 0.2) is 0 Å². The molecule has 0 atom stereocenters. The molecular formula is C25H22N4O3. The van der Waals surface area contributed by atoms with Crippen LogP contribution < -0.4 is 10.1 Å². The zero-order chi connectivity index (χ0) is 22.2. The number of ether oxygens (including phenoxy) is 1. The zero-order valence-electron chi connectivity index (χ0n) is 17.8. The summed E-state index contributed by atoms with van der Waals surface area (Å²) in [5, 5.41) is 3.79. The van der Waals surface area contributed by atoms with Gasteiger partial charge in [0.1, 0.15) is 18.0 Å². The summed E-state index contributed by atoms with van der Waals surface area (Å²) in [5.74, 6) is 0.424. The van der Waals surface area contributed by atoms with Crippen LogP contribution in [0.1, 0.15) is 20.7 Å². The maximum atomic E-state index is 12.2. The van der Waals surface area contributed by atoms with Gasteiger partial charge in [0.05, 0.1) is 12.1 Å². The molecule has 1 aliphatic rings. The molecule has 2 amide bonds. The lowest BCUT2D eigenvalue weighted by molar-refractivity contribution is 0.0827. The Bertz CT molecular complexity index is 1340. The molecule has 0 fully saturated rings. The Labute approximate surface area is 185 Å². The normalized spacial score (nSPS) is 13.1. The van der Waals surface area contributed by atoms with E-state index in [1.165, 1.54) is 0 Å². The summed E-state index contributed by atoms with van der Waals surface area (Å²) in [6, 6.07) is 15.2. The summed E-state index contributed by atoms with van der Waals surface area (Å²) in [6.07, 6.45) is 3.73. The Morgan fingerprint density at radius 2 is 1.78 bits per heavy atom. The highest BCUT2D eigenvalue weighted by molar-refractivity contribution is 5.99. The molecule has 2 aromatic heterocycles. The first-order chi connectivity index (χ1) is 15.5. The topological polar surface area (TPSA) is 87.3 Å². The molecule has 0 aliphatic carbocycles. The van der Waals surface area contributed by atoms with Crippen LogP contribution in [-0.2, 0) is 0 Å². The molecule has 1 aliphatic heterocycles. The number of carbonyl (C=O) groups excluding carboxylic acids is 2. The van der Waals surface area contributed by atoms with Crippen molar-refractivity contribution in [3.8, 4) is 28.0 Å². The fraction of sp³-hybridized carbons (Fsp3) is 0.160. The van der Waals surface area contributed by atoms with E-state index >= 15 is 0 Å². The van der Waals surface area contributed by atoms with Crippen LogP contribution in [0.2, 0.25) is 0 Å². The number of aromatic amines is 1. The third-order valence-electron chi connectivity index (χ3n) is 5.58. The van der Waals surface area contributed by atoms with Gasteiger partial charge < -0.3 is 19.9 Å². The number of carbonyl (C=O) groups is 2. The predicted octanol–water partition coefficient (Wildman–Crippen LogP) is 3.72. The van der Waals surface area contributed by atoms with E-state index in [2.05, 4.69) is 21.4 Å². The number of rotatable bonds is 3. The Morgan fingerprint density at radius 1 is 1.00 bits per heavy atom. The molecular weight excluding hydrogens is 404 g/mol. The maximum absolute atomic E-state index is 12.2. The van der Waals surface area contributed by atoms with Crippen LogP contribution in [0.5, 0.6) is 5.75 Å². The van der Waals surface area contributed by atoms with Crippen molar-refractivity contribution in [2.45, 2.75) is 0 Å². The minimum atomic E-state index is -0.123. The Kier molecular flexibility index (Phi) is 4.86. The fourth-order valence-electron chi connectivity index (χ4n) is 3.88. The number of amides is 2. The summed E-state index contributed by atoms with van der Waals surface area (Å²) in [5.41, 5.74) is 5.81. The molecule has 0 bridgehead atoms. The number of nitrogens with zero attached hydrogens (tertiary/aromatic N) is 2. The minimum Gasteiger partial charge on any atom is -0.491 e. The standard InChI is InChI=1S/C25H22N4O3/c1-29(2)25(31)16-5-3-15(4-6-16)21-14-28-23-20(21)11-18(13-27-23)17-7-8-19-22(12-17)32-10-9-26-24(19)30/h3-8,11-14H,9-10H2,1-2H3,(H,26,30)(H,27,28). The lowest BCUT2D eigenvalue weighted by atomic mass is 10.00. The van der Waals surface area contributed by atoms with E-state index in [1.54, 1.807) is 31.3 Å². The molecule has 2 N–H and O–H groups in total. The highest BCUT2D eigenvalue weighted by atomic mass is 16.5. The Hall–Kier alpha value is -4.13. The highest BCUT2D eigenvalue weighted by Gasteiger charge is 2.18. The highest BCUT2D eigenvalue weighted by Crippen LogP contribution is 2.33. The number of pyridine rings is 1. The molecule has 7 heteroatoms. The smallest absolute Gasteiger partial charge is 0.255 e. The summed E-state index contributed by atoms with van der Waals surface area (Å²) < 4.78 is 5.75. The largest absolute Gasteiger partial charge is 0.491 e. The third kappa shape index (κ3) is 3.47. The van der Waals surface area contributed by atoms with E-state index in [-0.39, 0.29) is 11.8 Å². The van der Waals surface area contributed by atoms with Gasteiger partial charge in [-0.05, 0) is 41.5 Å². The first kappa shape index (κ1) is 19.8. The van der Waals surface area contributed by atoms with Crippen LogP contribution in [0.3, 0.4) is 0 Å². The monoisotopic (exact) mass is 426 g/mol. The number of fused-ring (bicyclic) bond motifs is 2. The second-order valence-electron chi connectivity index (χ2n) is 7.91. The second-order valence-corrected chi connectivity index (χ2v) is 7.91. The van der Waals surface area contributed by atoms with E-state index in [4.69, 9.17) is 4.74 Å². The average Bonchev–Trinajstić information content (AvgIpc) is 3.15. The molecule has 2 aromatic carbocycles. The SMILES string of the molecule is CN(C)C(=O)c1ccc(-c2c[nH]c3ncc(-c4ccc5c(c4)OCCNC5=O)cc23)cc1. The number of nitrogens with one attached hydrogen (secondary N) is 2. The van der Waals surface area contributed by atoms with Crippen molar-refractivity contribution >= 4 is 22.8 Å². The first-order valence-electron chi connectivity index (χ1n) is 10.4. The van der Waals surface area contributed by atoms with Gasteiger partial charge in [0.25, 0.3) is 11.8 Å². The fourth-order valence-corrected chi connectivity index (χ4v) is 3.88. The number of aromatic nitrogens is 2. The average molecular weight is 426 g/mol. The summed E-state index contributed by atoms with van der Waals surface area (Å²) in [6.45, 7) is 0.926. The maximum Gasteiger partial charge on any atom is 0.255 e. The van der Waals surface area contributed by atoms with Crippen LogP contribution in [-0.4, -0.2) is 53.9 Å². The molecule has 5 rings (SSSR count). The van der Waals surface area contributed by atoms with Crippen molar-refractivity contribution in [2.24, 2.45) is 0 Å². The van der Waals surface area contributed by atoms with E-state index in [9.17, 15) is 9.59 Å². The quantitative estimate of drug-likeness (QED) is 0.523. The van der Waals surface area contributed by atoms with Crippen molar-refractivity contribution in [2.75, 3.05) is 27.2 Å². The number of benzene rings is 2. The van der Waals surface area contributed by atoms with E-state index in [1.807, 2.05) is 42.6 Å². The molecule has 7 nitrogen and oxygen atoms in total. The molecule has 32 heavy (non-hydrogen) atoms. The summed E-state index contributed by atoms with van der Waals surface area (Å²) in [7, 11) is 3.48. The molecule has 0 radical (unpaired) electrons. The van der Waals surface area contributed by atoms with Crippen LogP contribution in [0.25, 0.3) is 33.3 Å². The first-order valence-corrected chi connectivity index (χ1v) is 10.4. The van der Waals surface area contributed by atoms with Crippen molar-refractivity contribution in [3.05, 3.63) is 72.1 Å². The Balaban J connectivity index is 1.53. The van der Waals surface area contributed by atoms with E-state index in [0.717, 1.165) is 33.3 Å². The molecule has 0 unspecified atom stereocenters. The second kappa shape index (κ2) is 7.85. The number of hydrogen-bond acceptors (Lipinski definition) is 4. The molecule has 0 saturated heterocycles. The van der Waals surface area contributed by atoms with Crippen LogP contribution in [0.4, 0.5) is 0 Å². The number of hydrogen-bond donors (Lipinski definition) is 2. The lowest BCUT2D eigenvalue weighted by Crippen LogP contribution is -2.24. The van der Waals surface area contributed by atoms with Gasteiger partial charge in [0.2, 0.25) is 0 Å². The van der Waals surface area contributed by atoms with Crippen molar-refractivity contribution in [3.63, 3.8) is 0 Å². The van der Waals surface area contributed by atoms with Gasteiger partial charge in [-0.1, -0.05) is 18.2 Å². The molecule has 0 saturated carbocycles.